The number of thioether (sulfide) groups is 1. The molecule has 0 unspecified atom stereocenters. The third kappa shape index (κ3) is 3.90. The fourth-order valence-electron chi connectivity index (χ4n) is 1.52. The molecule has 0 radical (unpaired) electrons. The molecule has 1 heterocycles. The van der Waals surface area contributed by atoms with Gasteiger partial charge in [-0.15, -0.1) is 5.10 Å². The Kier molecular flexibility index (Phi) is 4.94. The Bertz CT molecular complexity index is 806. The first-order valence-electron chi connectivity index (χ1n) is 5.88. The second-order valence-electron chi connectivity index (χ2n) is 4.10. The fourth-order valence-corrected chi connectivity index (χ4v) is 3.12. The van der Waals surface area contributed by atoms with Crippen LogP contribution in [-0.4, -0.2) is 35.8 Å². The molecule has 22 heavy (non-hydrogen) atoms. The van der Waals surface area contributed by atoms with Crippen molar-refractivity contribution < 1.29 is 13.2 Å². The summed E-state index contributed by atoms with van der Waals surface area (Å²) in [5.41, 5.74) is 0.331. The maximum Gasteiger partial charge on any atom is 0.264 e. The first-order chi connectivity index (χ1) is 10.3. The number of anilines is 2. The molecule has 2 aromatic rings. The van der Waals surface area contributed by atoms with Crippen molar-refractivity contribution >= 4 is 50.9 Å². The smallest absolute Gasteiger partial charge is 0.264 e. The highest BCUT2D eigenvalue weighted by molar-refractivity contribution is 7.98. The van der Waals surface area contributed by atoms with Crippen LogP contribution in [0.15, 0.2) is 28.3 Å². The first-order valence-corrected chi connectivity index (χ1v) is 8.97. The second kappa shape index (κ2) is 6.55. The number of nitrogens with one attached hydrogen (secondary N) is 3. The third-order valence-electron chi connectivity index (χ3n) is 2.44. The molecule has 0 fully saturated rings. The standard InChI is InChI=1S/C11H12ClN5O3S2/c1-6(18)13-9-4-3-7(5-8(9)12)22(19,20)17-10-14-11(21-2)16-15-10/h3-5H,1-2H3,(H,13,18)(H2,14,15,16,17). The van der Waals surface area contributed by atoms with E-state index in [0.717, 1.165) is 0 Å². The summed E-state index contributed by atoms with van der Waals surface area (Å²) in [6.45, 7) is 1.33. The van der Waals surface area contributed by atoms with Gasteiger partial charge in [0.15, 0.2) is 0 Å². The van der Waals surface area contributed by atoms with Crippen molar-refractivity contribution in [1.29, 1.82) is 0 Å². The van der Waals surface area contributed by atoms with Gasteiger partial charge in [-0.05, 0) is 24.5 Å². The molecule has 0 bridgehead atoms. The van der Waals surface area contributed by atoms with Gasteiger partial charge in [-0.1, -0.05) is 23.4 Å². The molecule has 0 spiro atoms. The van der Waals surface area contributed by atoms with Crippen LogP contribution in [0, 0.1) is 0 Å². The summed E-state index contributed by atoms with van der Waals surface area (Å²) >= 11 is 7.23. The highest BCUT2D eigenvalue weighted by atomic mass is 35.5. The van der Waals surface area contributed by atoms with Crippen molar-refractivity contribution in [2.24, 2.45) is 0 Å². The summed E-state index contributed by atoms with van der Waals surface area (Å²) in [5.74, 6) is -0.298. The number of aromatic nitrogens is 3. The van der Waals surface area contributed by atoms with Gasteiger partial charge in [0, 0.05) is 6.92 Å². The van der Waals surface area contributed by atoms with Crippen LogP contribution in [0.1, 0.15) is 6.92 Å². The van der Waals surface area contributed by atoms with Crippen LogP contribution in [-0.2, 0) is 14.8 Å². The molecular weight excluding hydrogens is 350 g/mol. The van der Waals surface area contributed by atoms with Gasteiger partial charge in [0.1, 0.15) is 0 Å². The Morgan fingerprint density at radius 1 is 1.41 bits per heavy atom. The molecule has 11 heteroatoms. The molecular formula is C11H12ClN5O3S2. The van der Waals surface area contributed by atoms with E-state index in [2.05, 4.69) is 25.2 Å². The second-order valence-corrected chi connectivity index (χ2v) is 6.96. The van der Waals surface area contributed by atoms with E-state index in [4.69, 9.17) is 11.6 Å². The Balaban J connectivity index is 2.25. The lowest BCUT2D eigenvalue weighted by atomic mass is 10.3. The van der Waals surface area contributed by atoms with Crippen molar-refractivity contribution in [3.63, 3.8) is 0 Å². The number of sulfonamides is 1. The molecule has 0 aliphatic carbocycles. The topological polar surface area (TPSA) is 117 Å². The minimum absolute atomic E-state index is 0.00594. The Labute approximate surface area is 136 Å². The van der Waals surface area contributed by atoms with Gasteiger partial charge >= 0.3 is 0 Å². The van der Waals surface area contributed by atoms with E-state index in [-0.39, 0.29) is 21.8 Å². The number of carbonyl (C=O) groups excluding carboxylic acids is 1. The third-order valence-corrected chi connectivity index (χ3v) is 4.64. The van der Waals surface area contributed by atoms with E-state index in [9.17, 15) is 13.2 Å². The molecule has 8 nitrogen and oxygen atoms in total. The van der Waals surface area contributed by atoms with E-state index in [1.807, 2.05) is 0 Å². The van der Waals surface area contributed by atoms with Crippen molar-refractivity contribution in [3.05, 3.63) is 23.2 Å². The van der Waals surface area contributed by atoms with Crippen LogP contribution in [0.25, 0.3) is 0 Å². The van der Waals surface area contributed by atoms with E-state index < -0.39 is 10.0 Å². The van der Waals surface area contributed by atoms with Gasteiger partial charge < -0.3 is 5.32 Å². The number of rotatable bonds is 5. The summed E-state index contributed by atoms with van der Waals surface area (Å²) in [6.07, 6.45) is 1.77. The number of H-pyrrole nitrogens is 1. The molecule has 3 N–H and O–H groups in total. The average molecular weight is 362 g/mol. The predicted octanol–water partition coefficient (Wildman–Crippen LogP) is 1.94. The number of nitrogens with zero attached hydrogens (tertiary/aromatic N) is 2. The zero-order valence-corrected chi connectivity index (χ0v) is 13.9. The van der Waals surface area contributed by atoms with Gasteiger partial charge in [0.2, 0.25) is 17.0 Å². The van der Waals surface area contributed by atoms with Gasteiger partial charge in [0.25, 0.3) is 10.0 Å². The van der Waals surface area contributed by atoms with Crippen LogP contribution >= 0.6 is 23.4 Å². The number of hydrogen-bond donors (Lipinski definition) is 3. The number of benzene rings is 1. The summed E-state index contributed by atoms with van der Waals surface area (Å²) in [5, 5.41) is 9.30. The molecule has 2 rings (SSSR count). The lowest BCUT2D eigenvalue weighted by Crippen LogP contribution is -2.14. The molecule has 1 aromatic heterocycles. The molecule has 0 aliphatic rings. The van der Waals surface area contributed by atoms with Gasteiger partial charge in [-0.3, -0.25) is 4.79 Å². The highest BCUT2D eigenvalue weighted by Crippen LogP contribution is 2.26. The van der Waals surface area contributed by atoms with E-state index in [0.29, 0.717) is 10.8 Å². The van der Waals surface area contributed by atoms with E-state index in [1.54, 1.807) is 6.26 Å². The lowest BCUT2D eigenvalue weighted by Gasteiger charge is -2.08. The zero-order chi connectivity index (χ0) is 16.3. The molecule has 118 valence electrons. The van der Waals surface area contributed by atoms with Crippen molar-refractivity contribution in [2.75, 3.05) is 16.3 Å². The van der Waals surface area contributed by atoms with Crippen LogP contribution < -0.4 is 10.0 Å². The van der Waals surface area contributed by atoms with Gasteiger partial charge in [-0.25, -0.2) is 18.2 Å². The summed E-state index contributed by atoms with van der Waals surface area (Å²) in [4.78, 5) is 14.9. The number of amides is 1. The van der Waals surface area contributed by atoms with Gasteiger partial charge in [0.05, 0.1) is 15.6 Å². The molecule has 0 atom stereocenters. The van der Waals surface area contributed by atoms with Crippen LogP contribution in [0.3, 0.4) is 0 Å². The summed E-state index contributed by atoms with van der Waals surface area (Å²) in [6, 6.07) is 3.97. The number of halogens is 1. The Morgan fingerprint density at radius 3 is 2.68 bits per heavy atom. The number of hydrogen-bond acceptors (Lipinski definition) is 6. The quantitative estimate of drug-likeness (QED) is 0.700. The zero-order valence-electron chi connectivity index (χ0n) is 11.5. The molecule has 0 saturated heterocycles. The van der Waals surface area contributed by atoms with Crippen LogP contribution in [0.2, 0.25) is 5.02 Å². The minimum atomic E-state index is -3.87. The van der Waals surface area contributed by atoms with Crippen LogP contribution in [0.4, 0.5) is 11.6 Å². The highest BCUT2D eigenvalue weighted by Gasteiger charge is 2.18. The van der Waals surface area contributed by atoms with E-state index >= 15 is 0 Å². The first kappa shape index (κ1) is 16.6. The maximum atomic E-state index is 12.2. The predicted molar refractivity (Wildman–Crippen MR) is 84.7 cm³/mol. The lowest BCUT2D eigenvalue weighted by molar-refractivity contribution is -0.114. The average Bonchev–Trinajstić information content (AvgIpc) is 2.87. The number of carbonyl (C=O) groups is 1. The summed E-state index contributed by atoms with van der Waals surface area (Å²) < 4.78 is 26.7. The molecule has 0 saturated carbocycles. The van der Waals surface area contributed by atoms with E-state index in [1.165, 1.54) is 36.9 Å². The normalized spacial score (nSPS) is 11.2. The summed E-state index contributed by atoms with van der Waals surface area (Å²) in [7, 11) is -3.87. The van der Waals surface area contributed by atoms with Crippen molar-refractivity contribution in [3.8, 4) is 0 Å². The van der Waals surface area contributed by atoms with Gasteiger partial charge in [-0.2, -0.15) is 4.98 Å². The van der Waals surface area contributed by atoms with Crippen molar-refractivity contribution in [2.45, 2.75) is 17.0 Å². The monoisotopic (exact) mass is 361 g/mol. The SMILES string of the molecule is CSc1n[nH]c(NS(=O)(=O)c2ccc(NC(C)=O)c(Cl)c2)n1. The number of aromatic amines is 1. The van der Waals surface area contributed by atoms with Crippen molar-refractivity contribution in [1.82, 2.24) is 15.2 Å². The maximum absolute atomic E-state index is 12.2. The Morgan fingerprint density at radius 2 is 2.14 bits per heavy atom. The fraction of sp³-hybridized carbons (Fsp3) is 0.182. The molecule has 1 aromatic carbocycles. The van der Waals surface area contributed by atoms with Crippen LogP contribution in [0.5, 0.6) is 0 Å². The molecule has 0 aliphatic heterocycles. The molecule has 1 amide bonds. The largest absolute Gasteiger partial charge is 0.325 e. The minimum Gasteiger partial charge on any atom is -0.325 e. The Hall–Kier alpha value is -1.78.